The van der Waals surface area contributed by atoms with Crippen molar-refractivity contribution in [1.29, 1.82) is 0 Å². The fraction of sp³-hybridized carbons (Fsp3) is 0.417. The van der Waals surface area contributed by atoms with Crippen molar-refractivity contribution >= 4 is 11.7 Å². The summed E-state index contributed by atoms with van der Waals surface area (Å²) in [5.74, 6) is -1.76. The topological polar surface area (TPSA) is 78.8 Å². The van der Waals surface area contributed by atoms with Crippen molar-refractivity contribution in [3.05, 3.63) is 24.0 Å². The van der Waals surface area contributed by atoms with Gasteiger partial charge in [0.15, 0.2) is 17.2 Å². The lowest BCUT2D eigenvalue weighted by Crippen LogP contribution is -2.41. The summed E-state index contributed by atoms with van der Waals surface area (Å²) in [5, 5.41) is 20.8. The van der Waals surface area contributed by atoms with Crippen LogP contribution >= 0.6 is 0 Å². The second-order valence-corrected chi connectivity index (χ2v) is 4.01. The van der Waals surface area contributed by atoms with Gasteiger partial charge in [-0.3, -0.25) is 0 Å². The lowest BCUT2D eigenvalue weighted by atomic mass is 10.1. The highest BCUT2D eigenvalue weighted by atomic mass is 19.1. The fourth-order valence-electron chi connectivity index (χ4n) is 1.23. The molecule has 1 atom stereocenters. The number of ether oxygens (including phenoxy) is 1. The highest BCUT2D eigenvalue weighted by Crippen LogP contribution is 2.21. The number of benzene rings is 1. The first kappa shape index (κ1) is 14.2. The molecule has 0 heterocycles. The van der Waals surface area contributed by atoms with Gasteiger partial charge in [-0.1, -0.05) is 0 Å². The fourth-order valence-corrected chi connectivity index (χ4v) is 1.23. The van der Waals surface area contributed by atoms with Crippen molar-refractivity contribution < 1.29 is 24.1 Å². The van der Waals surface area contributed by atoms with Crippen LogP contribution in [0.25, 0.3) is 0 Å². The molecule has 100 valence electrons. The number of nitrogens with one attached hydrogen (secondary N) is 1. The SMILES string of the molecule is CCOc1ccc(NCC(C)(O)C(=O)O)cc1F. The molecular weight excluding hydrogens is 241 g/mol. The number of aliphatic hydroxyl groups is 1. The highest BCUT2D eigenvalue weighted by molar-refractivity contribution is 5.77. The van der Waals surface area contributed by atoms with E-state index >= 15 is 0 Å². The summed E-state index contributed by atoms with van der Waals surface area (Å²) in [7, 11) is 0. The third-order valence-electron chi connectivity index (χ3n) is 2.33. The summed E-state index contributed by atoms with van der Waals surface area (Å²) in [6.45, 7) is 3.04. The van der Waals surface area contributed by atoms with Crippen molar-refractivity contribution in [2.75, 3.05) is 18.5 Å². The standard InChI is InChI=1S/C12H16FNO4/c1-3-18-10-5-4-8(6-9(10)13)14-7-12(2,17)11(15)16/h4-6,14,17H,3,7H2,1-2H3,(H,15,16). The van der Waals surface area contributed by atoms with Gasteiger partial charge in [-0.15, -0.1) is 0 Å². The van der Waals surface area contributed by atoms with Crippen molar-refractivity contribution in [3.8, 4) is 5.75 Å². The van der Waals surface area contributed by atoms with Crippen LogP contribution in [0.4, 0.5) is 10.1 Å². The Balaban J connectivity index is 2.69. The Morgan fingerprint density at radius 2 is 2.22 bits per heavy atom. The molecule has 6 heteroatoms. The zero-order valence-corrected chi connectivity index (χ0v) is 10.2. The summed E-state index contributed by atoms with van der Waals surface area (Å²) >= 11 is 0. The molecule has 18 heavy (non-hydrogen) atoms. The van der Waals surface area contributed by atoms with Gasteiger partial charge in [0.1, 0.15) is 0 Å². The van der Waals surface area contributed by atoms with E-state index in [9.17, 15) is 14.3 Å². The van der Waals surface area contributed by atoms with Crippen molar-refractivity contribution in [2.45, 2.75) is 19.4 Å². The van der Waals surface area contributed by atoms with E-state index < -0.39 is 17.4 Å². The number of aliphatic carboxylic acids is 1. The molecule has 1 rings (SSSR count). The van der Waals surface area contributed by atoms with Crippen molar-refractivity contribution in [2.24, 2.45) is 0 Å². The third-order valence-corrected chi connectivity index (χ3v) is 2.33. The molecule has 0 aliphatic rings. The third kappa shape index (κ3) is 3.59. The maximum atomic E-state index is 13.5. The second-order valence-electron chi connectivity index (χ2n) is 4.01. The first-order valence-electron chi connectivity index (χ1n) is 5.49. The Kier molecular flexibility index (Phi) is 4.49. The molecule has 0 spiro atoms. The molecule has 1 aromatic carbocycles. The van der Waals surface area contributed by atoms with Crippen LogP contribution in [0, 0.1) is 5.82 Å². The number of hydrogen-bond donors (Lipinski definition) is 3. The van der Waals surface area contributed by atoms with Gasteiger partial charge in [-0.05, 0) is 26.0 Å². The van der Waals surface area contributed by atoms with E-state index in [1.807, 2.05) is 0 Å². The van der Waals surface area contributed by atoms with Crippen LogP contribution in [0.2, 0.25) is 0 Å². The van der Waals surface area contributed by atoms with Crippen LogP contribution in [0.15, 0.2) is 18.2 Å². The zero-order valence-electron chi connectivity index (χ0n) is 10.2. The first-order chi connectivity index (χ1) is 8.36. The maximum Gasteiger partial charge on any atom is 0.337 e. The Bertz CT molecular complexity index is 434. The number of carboxylic acids is 1. The molecular formula is C12H16FNO4. The van der Waals surface area contributed by atoms with Crippen LogP contribution in [0.5, 0.6) is 5.75 Å². The number of hydrogen-bond acceptors (Lipinski definition) is 4. The minimum atomic E-state index is -1.91. The predicted octanol–water partition coefficient (Wildman–Crippen LogP) is 1.47. The van der Waals surface area contributed by atoms with Crippen LogP contribution in [-0.4, -0.2) is 34.9 Å². The smallest absolute Gasteiger partial charge is 0.337 e. The second kappa shape index (κ2) is 5.68. The van der Waals surface area contributed by atoms with Gasteiger partial charge in [-0.2, -0.15) is 0 Å². The summed E-state index contributed by atoms with van der Waals surface area (Å²) in [4.78, 5) is 10.7. The summed E-state index contributed by atoms with van der Waals surface area (Å²) in [5.41, 5.74) is -1.54. The minimum Gasteiger partial charge on any atom is -0.491 e. The monoisotopic (exact) mass is 257 g/mol. The van der Waals surface area contributed by atoms with Crippen molar-refractivity contribution in [1.82, 2.24) is 0 Å². The Hall–Kier alpha value is -1.82. The van der Waals surface area contributed by atoms with Gasteiger partial charge in [0.2, 0.25) is 0 Å². The predicted molar refractivity (Wildman–Crippen MR) is 64.3 cm³/mol. The molecule has 0 saturated heterocycles. The van der Waals surface area contributed by atoms with Crippen LogP contribution in [-0.2, 0) is 4.79 Å². The molecule has 1 unspecified atom stereocenters. The van der Waals surface area contributed by atoms with Crippen LogP contribution < -0.4 is 10.1 Å². The lowest BCUT2D eigenvalue weighted by Gasteiger charge is -2.19. The Morgan fingerprint density at radius 3 is 2.72 bits per heavy atom. The molecule has 3 N–H and O–H groups in total. The van der Waals surface area contributed by atoms with E-state index in [4.69, 9.17) is 9.84 Å². The average molecular weight is 257 g/mol. The molecule has 0 fully saturated rings. The lowest BCUT2D eigenvalue weighted by molar-refractivity contribution is -0.155. The quantitative estimate of drug-likeness (QED) is 0.719. The van der Waals surface area contributed by atoms with Gasteiger partial charge in [0, 0.05) is 11.8 Å². The van der Waals surface area contributed by atoms with E-state index in [2.05, 4.69) is 5.32 Å². The van der Waals surface area contributed by atoms with E-state index in [1.54, 1.807) is 13.0 Å². The molecule has 0 aliphatic carbocycles. The summed E-state index contributed by atoms with van der Waals surface area (Å²) in [6.07, 6.45) is 0. The van der Waals surface area contributed by atoms with E-state index in [0.29, 0.717) is 12.3 Å². The first-order valence-corrected chi connectivity index (χ1v) is 5.49. The number of carboxylic acid groups (broad SMARTS) is 1. The zero-order chi connectivity index (χ0) is 13.8. The van der Waals surface area contributed by atoms with Crippen molar-refractivity contribution in [3.63, 3.8) is 0 Å². The minimum absolute atomic E-state index is 0.132. The summed E-state index contributed by atoms with van der Waals surface area (Å²) < 4.78 is 18.5. The Labute approximate surface area is 104 Å². The number of anilines is 1. The van der Waals surface area contributed by atoms with Gasteiger partial charge in [0.05, 0.1) is 13.2 Å². The number of carbonyl (C=O) groups is 1. The molecule has 0 radical (unpaired) electrons. The van der Waals surface area contributed by atoms with Gasteiger partial charge >= 0.3 is 5.97 Å². The molecule has 0 amide bonds. The largest absolute Gasteiger partial charge is 0.491 e. The van der Waals surface area contributed by atoms with Crippen LogP contribution in [0.3, 0.4) is 0 Å². The molecule has 0 bridgehead atoms. The normalized spacial score (nSPS) is 13.8. The molecule has 1 aromatic rings. The Morgan fingerprint density at radius 1 is 1.56 bits per heavy atom. The van der Waals surface area contributed by atoms with E-state index in [1.165, 1.54) is 12.1 Å². The molecule has 5 nitrogen and oxygen atoms in total. The highest BCUT2D eigenvalue weighted by Gasteiger charge is 2.29. The van der Waals surface area contributed by atoms with Crippen LogP contribution in [0.1, 0.15) is 13.8 Å². The van der Waals surface area contributed by atoms with Gasteiger partial charge in [0.25, 0.3) is 0 Å². The van der Waals surface area contributed by atoms with E-state index in [-0.39, 0.29) is 12.3 Å². The number of rotatable bonds is 6. The van der Waals surface area contributed by atoms with Gasteiger partial charge < -0.3 is 20.3 Å². The molecule has 0 aromatic heterocycles. The number of halogens is 1. The maximum absolute atomic E-state index is 13.5. The molecule has 0 saturated carbocycles. The van der Waals surface area contributed by atoms with Gasteiger partial charge in [-0.25, -0.2) is 9.18 Å². The van der Waals surface area contributed by atoms with E-state index in [0.717, 1.165) is 6.92 Å². The average Bonchev–Trinajstić information content (AvgIpc) is 2.30. The molecule has 0 aliphatic heterocycles. The summed E-state index contributed by atoms with van der Waals surface area (Å²) in [6, 6.07) is 4.17.